The number of thiocarbonyl (C=S) groups is 1. The summed E-state index contributed by atoms with van der Waals surface area (Å²) in [6.45, 7) is 3.43. The molecule has 31 heavy (non-hydrogen) atoms. The monoisotopic (exact) mass is 436 g/mol. The number of hydrogen-bond acceptors (Lipinski definition) is 4. The van der Waals surface area contributed by atoms with E-state index in [-0.39, 0.29) is 0 Å². The van der Waals surface area contributed by atoms with Gasteiger partial charge in [0.1, 0.15) is 17.2 Å². The van der Waals surface area contributed by atoms with E-state index in [1.807, 2.05) is 30.3 Å². The SMILES string of the molecule is COc1ccc(CN(Cc2cccc(C)c2)C(=S)Nc2ccc(OC)cc2OC)cc1. The van der Waals surface area contributed by atoms with Crippen molar-refractivity contribution >= 4 is 23.0 Å². The van der Waals surface area contributed by atoms with Crippen molar-refractivity contribution in [1.29, 1.82) is 0 Å². The molecule has 0 atom stereocenters. The molecule has 6 heteroatoms. The van der Waals surface area contributed by atoms with Crippen LogP contribution in [0.15, 0.2) is 66.7 Å². The number of rotatable bonds is 8. The van der Waals surface area contributed by atoms with Crippen molar-refractivity contribution in [3.63, 3.8) is 0 Å². The fourth-order valence-electron chi connectivity index (χ4n) is 3.28. The van der Waals surface area contributed by atoms with Gasteiger partial charge in [-0.2, -0.15) is 0 Å². The molecule has 0 saturated carbocycles. The second-order valence-corrected chi connectivity index (χ2v) is 7.58. The van der Waals surface area contributed by atoms with E-state index >= 15 is 0 Å². The summed E-state index contributed by atoms with van der Waals surface area (Å²) in [6, 6.07) is 22.1. The third kappa shape index (κ3) is 6.12. The summed E-state index contributed by atoms with van der Waals surface area (Å²) in [4.78, 5) is 2.13. The minimum atomic E-state index is 0.612. The first-order valence-electron chi connectivity index (χ1n) is 9.99. The Labute approximate surface area is 189 Å². The number of anilines is 1. The Hall–Kier alpha value is -3.25. The summed E-state index contributed by atoms with van der Waals surface area (Å²) in [7, 11) is 4.93. The van der Waals surface area contributed by atoms with Gasteiger partial charge in [0.2, 0.25) is 0 Å². The van der Waals surface area contributed by atoms with Crippen molar-refractivity contribution in [3.05, 3.63) is 83.4 Å². The number of methoxy groups -OCH3 is 3. The number of nitrogens with zero attached hydrogens (tertiary/aromatic N) is 1. The van der Waals surface area contributed by atoms with Crippen LogP contribution in [-0.2, 0) is 13.1 Å². The number of nitrogens with one attached hydrogen (secondary N) is 1. The smallest absolute Gasteiger partial charge is 0.174 e. The molecule has 3 rings (SSSR count). The third-order valence-corrected chi connectivity index (χ3v) is 5.29. The maximum Gasteiger partial charge on any atom is 0.174 e. The van der Waals surface area contributed by atoms with Gasteiger partial charge in [-0.3, -0.25) is 0 Å². The van der Waals surface area contributed by atoms with Crippen molar-refractivity contribution in [3.8, 4) is 17.2 Å². The summed E-state index contributed by atoms with van der Waals surface area (Å²) in [6.07, 6.45) is 0. The van der Waals surface area contributed by atoms with E-state index < -0.39 is 0 Å². The minimum absolute atomic E-state index is 0.612. The molecule has 0 aliphatic rings. The summed E-state index contributed by atoms with van der Waals surface area (Å²) >= 11 is 5.81. The van der Waals surface area contributed by atoms with Gasteiger partial charge in [-0.25, -0.2) is 0 Å². The molecule has 3 aromatic rings. The molecular formula is C25H28N2O3S. The second kappa shape index (κ2) is 10.7. The minimum Gasteiger partial charge on any atom is -0.497 e. The van der Waals surface area contributed by atoms with Gasteiger partial charge in [0, 0.05) is 19.2 Å². The Morgan fingerprint density at radius 1 is 0.806 bits per heavy atom. The standard InChI is InChI=1S/C25H28N2O3S/c1-18-6-5-7-20(14-18)17-27(16-19-8-10-21(28-2)11-9-19)25(31)26-23-13-12-22(29-3)15-24(23)30-4/h5-15H,16-17H2,1-4H3,(H,26,31). The van der Waals surface area contributed by atoms with Crippen LogP contribution in [0.1, 0.15) is 16.7 Å². The third-order valence-electron chi connectivity index (χ3n) is 4.93. The molecule has 5 nitrogen and oxygen atoms in total. The van der Waals surface area contributed by atoms with Gasteiger partial charge in [-0.15, -0.1) is 0 Å². The van der Waals surface area contributed by atoms with E-state index in [2.05, 4.69) is 53.5 Å². The van der Waals surface area contributed by atoms with Crippen molar-refractivity contribution in [2.75, 3.05) is 26.6 Å². The highest BCUT2D eigenvalue weighted by Crippen LogP contribution is 2.29. The van der Waals surface area contributed by atoms with E-state index in [1.54, 1.807) is 21.3 Å². The lowest BCUT2D eigenvalue weighted by Gasteiger charge is -2.27. The van der Waals surface area contributed by atoms with E-state index in [4.69, 9.17) is 26.4 Å². The van der Waals surface area contributed by atoms with Gasteiger partial charge in [0.05, 0.1) is 27.0 Å². The molecule has 0 radical (unpaired) electrons. The highest BCUT2D eigenvalue weighted by Gasteiger charge is 2.14. The van der Waals surface area contributed by atoms with Gasteiger partial charge < -0.3 is 24.4 Å². The Bertz CT molecular complexity index is 1020. The number of benzene rings is 3. The maximum atomic E-state index is 5.81. The van der Waals surface area contributed by atoms with Crippen LogP contribution in [0.5, 0.6) is 17.2 Å². The zero-order chi connectivity index (χ0) is 22.2. The summed E-state index contributed by atoms with van der Waals surface area (Å²) in [5.41, 5.74) is 4.34. The molecule has 0 saturated heterocycles. The molecule has 0 amide bonds. The van der Waals surface area contributed by atoms with Gasteiger partial charge >= 0.3 is 0 Å². The highest BCUT2D eigenvalue weighted by molar-refractivity contribution is 7.80. The summed E-state index contributed by atoms with van der Waals surface area (Å²) in [5.74, 6) is 2.22. The fourth-order valence-corrected chi connectivity index (χ4v) is 3.52. The van der Waals surface area contributed by atoms with E-state index in [9.17, 15) is 0 Å². The van der Waals surface area contributed by atoms with E-state index in [0.717, 1.165) is 22.7 Å². The van der Waals surface area contributed by atoms with Crippen LogP contribution >= 0.6 is 12.2 Å². The number of ether oxygens (including phenoxy) is 3. The van der Waals surface area contributed by atoms with Crippen LogP contribution in [0.4, 0.5) is 5.69 Å². The Kier molecular flexibility index (Phi) is 7.73. The first-order valence-corrected chi connectivity index (χ1v) is 10.4. The Morgan fingerprint density at radius 2 is 1.48 bits per heavy atom. The Morgan fingerprint density at radius 3 is 2.13 bits per heavy atom. The van der Waals surface area contributed by atoms with Crippen LogP contribution in [0.25, 0.3) is 0 Å². The van der Waals surface area contributed by atoms with Gasteiger partial charge in [-0.05, 0) is 54.5 Å². The van der Waals surface area contributed by atoms with Gasteiger partial charge in [-0.1, -0.05) is 42.0 Å². The highest BCUT2D eigenvalue weighted by atomic mass is 32.1. The zero-order valence-corrected chi connectivity index (χ0v) is 19.2. The average Bonchev–Trinajstić information content (AvgIpc) is 2.79. The lowest BCUT2D eigenvalue weighted by molar-refractivity contribution is 0.394. The fraction of sp³-hybridized carbons (Fsp3) is 0.240. The predicted molar refractivity (Wildman–Crippen MR) is 129 cm³/mol. The molecular weight excluding hydrogens is 408 g/mol. The van der Waals surface area contributed by atoms with Crippen LogP contribution in [0, 0.1) is 6.92 Å². The molecule has 1 N–H and O–H groups in total. The Balaban J connectivity index is 1.84. The van der Waals surface area contributed by atoms with Crippen LogP contribution in [0.2, 0.25) is 0 Å². The van der Waals surface area contributed by atoms with Crippen molar-refractivity contribution in [1.82, 2.24) is 4.90 Å². The quantitative estimate of drug-likeness (QED) is 0.476. The molecule has 0 fully saturated rings. The lowest BCUT2D eigenvalue weighted by Crippen LogP contribution is -2.34. The lowest BCUT2D eigenvalue weighted by atomic mass is 10.1. The average molecular weight is 437 g/mol. The topological polar surface area (TPSA) is 43.0 Å². The maximum absolute atomic E-state index is 5.81. The molecule has 0 aliphatic heterocycles. The second-order valence-electron chi connectivity index (χ2n) is 7.19. The summed E-state index contributed by atoms with van der Waals surface area (Å²) < 4.78 is 16.1. The molecule has 0 spiro atoms. The molecule has 0 unspecified atom stereocenters. The first kappa shape index (κ1) is 22.4. The van der Waals surface area contributed by atoms with E-state index in [0.29, 0.717) is 24.0 Å². The normalized spacial score (nSPS) is 10.3. The van der Waals surface area contributed by atoms with Crippen molar-refractivity contribution in [2.45, 2.75) is 20.0 Å². The first-order chi connectivity index (χ1) is 15.0. The number of aryl methyl sites for hydroxylation is 1. The molecule has 0 bridgehead atoms. The largest absolute Gasteiger partial charge is 0.497 e. The molecule has 3 aromatic carbocycles. The predicted octanol–water partition coefficient (Wildman–Crippen LogP) is 5.42. The molecule has 0 heterocycles. The van der Waals surface area contributed by atoms with Gasteiger partial charge in [0.15, 0.2) is 5.11 Å². The van der Waals surface area contributed by atoms with Gasteiger partial charge in [0.25, 0.3) is 0 Å². The zero-order valence-electron chi connectivity index (χ0n) is 18.3. The van der Waals surface area contributed by atoms with E-state index in [1.165, 1.54) is 11.1 Å². The van der Waals surface area contributed by atoms with Crippen LogP contribution in [-0.4, -0.2) is 31.3 Å². The molecule has 162 valence electrons. The summed E-state index contributed by atoms with van der Waals surface area (Å²) in [5, 5.41) is 3.95. The van der Waals surface area contributed by atoms with Crippen molar-refractivity contribution in [2.24, 2.45) is 0 Å². The number of hydrogen-bond donors (Lipinski definition) is 1. The molecule has 0 aliphatic carbocycles. The van der Waals surface area contributed by atoms with Crippen LogP contribution in [0.3, 0.4) is 0 Å². The van der Waals surface area contributed by atoms with Crippen LogP contribution < -0.4 is 19.5 Å². The van der Waals surface area contributed by atoms with Crippen molar-refractivity contribution < 1.29 is 14.2 Å². The molecule has 0 aromatic heterocycles.